The van der Waals surface area contributed by atoms with E-state index in [0.29, 0.717) is 0 Å². The first-order valence-electron chi connectivity index (χ1n) is 5.61. The summed E-state index contributed by atoms with van der Waals surface area (Å²) < 4.78 is 13.9. The SMILES string of the molecule is NNC(Cc1ccc(F)cc1)Cc1sccc1Br. The van der Waals surface area contributed by atoms with Gasteiger partial charge in [0.25, 0.3) is 0 Å². The van der Waals surface area contributed by atoms with Crippen molar-refractivity contribution >= 4 is 27.3 Å². The molecule has 1 unspecified atom stereocenters. The topological polar surface area (TPSA) is 38.0 Å². The molecule has 0 aliphatic heterocycles. The molecule has 1 aromatic heterocycles. The van der Waals surface area contributed by atoms with E-state index >= 15 is 0 Å². The molecular formula is C13H14BrFN2S. The summed E-state index contributed by atoms with van der Waals surface area (Å²) in [5, 5.41) is 2.05. The minimum Gasteiger partial charge on any atom is -0.271 e. The predicted octanol–water partition coefficient (Wildman–Crippen LogP) is 3.27. The van der Waals surface area contributed by atoms with Gasteiger partial charge < -0.3 is 0 Å². The van der Waals surface area contributed by atoms with Gasteiger partial charge in [-0.05, 0) is 57.9 Å². The van der Waals surface area contributed by atoms with Gasteiger partial charge in [-0.2, -0.15) is 0 Å². The molecule has 2 nitrogen and oxygen atoms in total. The van der Waals surface area contributed by atoms with Gasteiger partial charge in [-0.3, -0.25) is 11.3 Å². The fourth-order valence-electron chi connectivity index (χ4n) is 1.79. The number of rotatable bonds is 5. The van der Waals surface area contributed by atoms with E-state index in [2.05, 4.69) is 21.4 Å². The third kappa shape index (κ3) is 3.62. The lowest BCUT2D eigenvalue weighted by Gasteiger charge is -2.15. The third-order valence-corrected chi connectivity index (χ3v) is 4.70. The zero-order valence-corrected chi connectivity index (χ0v) is 12.1. The number of nitrogens with one attached hydrogen (secondary N) is 1. The molecule has 1 aromatic carbocycles. The molecule has 0 radical (unpaired) electrons. The van der Waals surface area contributed by atoms with Gasteiger partial charge in [0, 0.05) is 15.4 Å². The third-order valence-electron chi connectivity index (χ3n) is 2.75. The van der Waals surface area contributed by atoms with Gasteiger partial charge >= 0.3 is 0 Å². The van der Waals surface area contributed by atoms with Crippen LogP contribution in [0.25, 0.3) is 0 Å². The van der Waals surface area contributed by atoms with Crippen molar-refractivity contribution in [1.29, 1.82) is 0 Å². The van der Waals surface area contributed by atoms with Crippen LogP contribution in [0.1, 0.15) is 10.4 Å². The molecule has 0 aliphatic rings. The fraction of sp³-hybridized carbons (Fsp3) is 0.231. The Kier molecular flexibility index (Phi) is 4.88. The smallest absolute Gasteiger partial charge is 0.123 e. The lowest BCUT2D eigenvalue weighted by Crippen LogP contribution is -2.38. The summed E-state index contributed by atoms with van der Waals surface area (Å²) in [6.45, 7) is 0. The quantitative estimate of drug-likeness (QED) is 0.653. The first-order valence-corrected chi connectivity index (χ1v) is 7.28. The van der Waals surface area contributed by atoms with Crippen LogP contribution in [0.3, 0.4) is 0 Å². The molecule has 18 heavy (non-hydrogen) atoms. The van der Waals surface area contributed by atoms with E-state index in [1.54, 1.807) is 23.5 Å². The van der Waals surface area contributed by atoms with E-state index in [0.717, 1.165) is 22.9 Å². The van der Waals surface area contributed by atoms with Crippen molar-refractivity contribution in [1.82, 2.24) is 5.43 Å². The fourth-order valence-corrected chi connectivity index (χ4v) is 3.39. The second-order valence-electron chi connectivity index (χ2n) is 4.09. The van der Waals surface area contributed by atoms with E-state index in [1.165, 1.54) is 17.0 Å². The van der Waals surface area contributed by atoms with Crippen LogP contribution in [-0.2, 0) is 12.8 Å². The van der Waals surface area contributed by atoms with Gasteiger partial charge in [0.2, 0.25) is 0 Å². The van der Waals surface area contributed by atoms with Crippen molar-refractivity contribution in [2.45, 2.75) is 18.9 Å². The molecule has 0 amide bonds. The van der Waals surface area contributed by atoms with Crippen LogP contribution in [0.5, 0.6) is 0 Å². The van der Waals surface area contributed by atoms with Crippen molar-refractivity contribution < 1.29 is 4.39 Å². The normalized spacial score (nSPS) is 12.6. The van der Waals surface area contributed by atoms with Crippen LogP contribution in [-0.4, -0.2) is 6.04 Å². The monoisotopic (exact) mass is 328 g/mol. The number of benzene rings is 1. The van der Waals surface area contributed by atoms with Crippen molar-refractivity contribution in [2.24, 2.45) is 5.84 Å². The Morgan fingerprint density at radius 1 is 1.22 bits per heavy atom. The van der Waals surface area contributed by atoms with Gasteiger partial charge in [0.05, 0.1) is 0 Å². The van der Waals surface area contributed by atoms with Gasteiger partial charge in [-0.25, -0.2) is 4.39 Å². The lowest BCUT2D eigenvalue weighted by molar-refractivity contribution is 0.524. The van der Waals surface area contributed by atoms with Gasteiger partial charge in [-0.1, -0.05) is 12.1 Å². The predicted molar refractivity (Wildman–Crippen MR) is 76.9 cm³/mol. The van der Waals surface area contributed by atoms with E-state index in [9.17, 15) is 4.39 Å². The maximum Gasteiger partial charge on any atom is 0.123 e. The molecule has 5 heteroatoms. The number of hydrazine groups is 1. The second-order valence-corrected chi connectivity index (χ2v) is 5.95. The Balaban J connectivity index is 2.01. The number of halogens is 2. The molecule has 3 N–H and O–H groups in total. The molecule has 0 saturated heterocycles. The Bertz CT molecular complexity index is 498. The summed E-state index contributed by atoms with van der Waals surface area (Å²) in [5.74, 6) is 5.37. The Morgan fingerprint density at radius 3 is 2.50 bits per heavy atom. The molecule has 2 rings (SSSR count). The highest BCUT2D eigenvalue weighted by atomic mass is 79.9. The first kappa shape index (κ1) is 13.7. The number of thiophene rings is 1. The average Bonchev–Trinajstić information content (AvgIpc) is 2.77. The van der Waals surface area contributed by atoms with Gasteiger partial charge in [0.1, 0.15) is 5.82 Å². The molecular weight excluding hydrogens is 315 g/mol. The molecule has 1 atom stereocenters. The molecule has 96 valence electrons. The van der Waals surface area contributed by atoms with E-state index in [4.69, 9.17) is 5.84 Å². The molecule has 1 heterocycles. The van der Waals surface area contributed by atoms with Crippen LogP contribution in [0, 0.1) is 5.82 Å². The highest BCUT2D eigenvalue weighted by Gasteiger charge is 2.12. The van der Waals surface area contributed by atoms with Crippen LogP contribution in [0.4, 0.5) is 4.39 Å². The summed E-state index contributed by atoms with van der Waals surface area (Å²) in [6.07, 6.45) is 1.63. The molecule has 0 aliphatic carbocycles. The van der Waals surface area contributed by atoms with Crippen LogP contribution >= 0.6 is 27.3 Å². The second kappa shape index (κ2) is 6.43. The summed E-state index contributed by atoms with van der Waals surface area (Å²) in [4.78, 5) is 1.26. The first-order chi connectivity index (χ1) is 8.69. The molecule has 0 fully saturated rings. The number of hydrogen-bond donors (Lipinski definition) is 2. The standard InChI is InChI=1S/C13H14BrFN2S/c14-12-5-6-18-13(12)8-11(17-16)7-9-1-3-10(15)4-2-9/h1-6,11,17H,7-8,16H2. The summed E-state index contributed by atoms with van der Waals surface area (Å²) in [7, 11) is 0. The zero-order chi connectivity index (χ0) is 13.0. The van der Waals surface area contributed by atoms with Gasteiger partial charge in [0.15, 0.2) is 0 Å². The highest BCUT2D eigenvalue weighted by molar-refractivity contribution is 9.10. The van der Waals surface area contributed by atoms with E-state index in [-0.39, 0.29) is 11.9 Å². The van der Waals surface area contributed by atoms with Crippen LogP contribution in [0.2, 0.25) is 0 Å². The zero-order valence-electron chi connectivity index (χ0n) is 9.70. The van der Waals surface area contributed by atoms with E-state index in [1.807, 2.05) is 11.4 Å². The largest absolute Gasteiger partial charge is 0.271 e. The summed E-state index contributed by atoms with van der Waals surface area (Å²) in [5.41, 5.74) is 3.90. The minimum atomic E-state index is -0.211. The van der Waals surface area contributed by atoms with Crippen molar-refractivity contribution in [3.8, 4) is 0 Å². The average molecular weight is 329 g/mol. The maximum absolute atomic E-state index is 12.8. The van der Waals surface area contributed by atoms with Crippen LogP contribution < -0.4 is 11.3 Å². The Morgan fingerprint density at radius 2 is 1.94 bits per heavy atom. The number of hydrogen-bond acceptors (Lipinski definition) is 3. The molecule has 0 spiro atoms. The van der Waals surface area contributed by atoms with Gasteiger partial charge in [-0.15, -0.1) is 11.3 Å². The highest BCUT2D eigenvalue weighted by Crippen LogP contribution is 2.24. The Labute approximate surface area is 118 Å². The van der Waals surface area contributed by atoms with Crippen molar-refractivity contribution in [3.05, 3.63) is 56.4 Å². The minimum absolute atomic E-state index is 0.144. The van der Waals surface area contributed by atoms with Crippen molar-refractivity contribution in [3.63, 3.8) is 0 Å². The molecule has 0 saturated carbocycles. The van der Waals surface area contributed by atoms with Crippen LogP contribution in [0.15, 0.2) is 40.2 Å². The summed E-state index contributed by atoms with van der Waals surface area (Å²) in [6, 6.07) is 8.72. The van der Waals surface area contributed by atoms with Crippen molar-refractivity contribution in [2.75, 3.05) is 0 Å². The molecule has 2 aromatic rings. The van der Waals surface area contributed by atoms with E-state index < -0.39 is 0 Å². The number of nitrogens with two attached hydrogens (primary N) is 1. The summed E-state index contributed by atoms with van der Waals surface area (Å²) >= 11 is 5.21. The Hall–Kier alpha value is -0.750. The lowest BCUT2D eigenvalue weighted by atomic mass is 10.0. The maximum atomic E-state index is 12.8. The molecule has 0 bridgehead atoms.